The van der Waals surface area contributed by atoms with E-state index >= 15 is 0 Å². The molecule has 0 aromatic carbocycles. The van der Waals surface area contributed by atoms with Gasteiger partial charge in [-0.3, -0.25) is 0 Å². The highest BCUT2D eigenvalue weighted by Crippen LogP contribution is 2.46. The van der Waals surface area contributed by atoms with E-state index in [9.17, 15) is 5.11 Å². The highest BCUT2D eigenvalue weighted by molar-refractivity contribution is 7.15. The molecule has 84 valence electrons. The number of rotatable bonds is 1. The molecule has 1 fully saturated rings. The molecule has 1 heterocycles. The van der Waals surface area contributed by atoms with Gasteiger partial charge < -0.3 is 10.8 Å². The minimum absolute atomic E-state index is 0.364. The molecule has 0 bridgehead atoms. The molecule has 0 unspecified atom stereocenters. The topological polar surface area (TPSA) is 59.1 Å². The molecular formula is C11H18N2OS. The van der Waals surface area contributed by atoms with Gasteiger partial charge in [0.15, 0.2) is 5.13 Å². The second kappa shape index (κ2) is 3.46. The van der Waals surface area contributed by atoms with Gasteiger partial charge >= 0.3 is 0 Å². The lowest BCUT2D eigenvalue weighted by atomic mass is 9.70. The molecule has 2 rings (SSSR count). The monoisotopic (exact) mass is 226 g/mol. The van der Waals surface area contributed by atoms with Crippen molar-refractivity contribution in [1.29, 1.82) is 0 Å². The molecule has 0 atom stereocenters. The SMILES string of the molecule is CC1(C)CCC(O)(c2cnc(N)s2)CC1. The quantitative estimate of drug-likeness (QED) is 0.773. The van der Waals surface area contributed by atoms with Crippen molar-refractivity contribution in [3.63, 3.8) is 0 Å². The number of nitrogen functional groups attached to an aromatic ring is 1. The molecule has 1 aromatic heterocycles. The number of hydrogen-bond acceptors (Lipinski definition) is 4. The maximum atomic E-state index is 10.5. The first-order chi connectivity index (χ1) is 6.91. The van der Waals surface area contributed by atoms with Crippen LogP contribution >= 0.6 is 11.3 Å². The summed E-state index contributed by atoms with van der Waals surface area (Å²) < 4.78 is 0. The van der Waals surface area contributed by atoms with Crippen molar-refractivity contribution in [2.45, 2.75) is 45.1 Å². The normalized spacial score (nSPS) is 23.9. The molecule has 1 aromatic rings. The van der Waals surface area contributed by atoms with Crippen LogP contribution in [0.2, 0.25) is 0 Å². The third kappa shape index (κ3) is 2.16. The first-order valence-corrected chi connectivity index (χ1v) is 6.17. The molecule has 0 amide bonds. The van der Waals surface area contributed by atoms with Crippen LogP contribution in [0, 0.1) is 5.41 Å². The van der Waals surface area contributed by atoms with Crippen LogP contribution in [-0.2, 0) is 5.60 Å². The Hall–Kier alpha value is -0.610. The predicted octanol–water partition coefficient (Wildman–Crippen LogP) is 2.51. The second-order valence-electron chi connectivity index (χ2n) is 5.26. The number of anilines is 1. The number of aliphatic hydroxyl groups is 1. The minimum atomic E-state index is -0.676. The zero-order valence-corrected chi connectivity index (χ0v) is 10.1. The maximum Gasteiger partial charge on any atom is 0.180 e. The fourth-order valence-corrected chi connectivity index (χ4v) is 2.92. The molecule has 15 heavy (non-hydrogen) atoms. The van der Waals surface area contributed by atoms with Crippen LogP contribution in [-0.4, -0.2) is 10.1 Å². The fourth-order valence-electron chi connectivity index (χ4n) is 2.09. The van der Waals surface area contributed by atoms with Crippen molar-refractivity contribution in [3.8, 4) is 0 Å². The molecular weight excluding hydrogens is 208 g/mol. The zero-order chi connectivity index (χ0) is 11.1. The van der Waals surface area contributed by atoms with Crippen molar-refractivity contribution in [3.05, 3.63) is 11.1 Å². The van der Waals surface area contributed by atoms with Crippen molar-refractivity contribution >= 4 is 16.5 Å². The summed E-state index contributed by atoms with van der Waals surface area (Å²) in [6.07, 6.45) is 5.48. The molecule has 3 N–H and O–H groups in total. The van der Waals surface area contributed by atoms with Crippen LogP contribution in [0.15, 0.2) is 6.20 Å². The predicted molar refractivity (Wildman–Crippen MR) is 62.7 cm³/mol. The molecule has 0 saturated heterocycles. The molecule has 3 nitrogen and oxygen atoms in total. The number of hydrogen-bond donors (Lipinski definition) is 2. The lowest BCUT2D eigenvalue weighted by Crippen LogP contribution is -2.33. The first kappa shape index (κ1) is 10.9. The van der Waals surface area contributed by atoms with Crippen molar-refractivity contribution in [2.24, 2.45) is 5.41 Å². The smallest absolute Gasteiger partial charge is 0.180 e. The standard InChI is InChI=1S/C11H18N2OS/c1-10(2)3-5-11(14,6-4-10)8-7-13-9(12)15-8/h7,14H,3-6H2,1-2H3,(H2,12,13). The van der Waals surface area contributed by atoms with E-state index in [0.29, 0.717) is 10.5 Å². The van der Waals surface area contributed by atoms with E-state index in [1.54, 1.807) is 6.20 Å². The third-order valence-electron chi connectivity index (χ3n) is 3.41. The van der Waals surface area contributed by atoms with E-state index in [2.05, 4.69) is 18.8 Å². The summed E-state index contributed by atoms with van der Waals surface area (Å²) in [4.78, 5) is 4.94. The van der Waals surface area contributed by atoms with Crippen molar-refractivity contribution in [2.75, 3.05) is 5.73 Å². The zero-order valence-electron chi connectivity index (χ0n) is 9.29. The van der Waals surface area contributed by atoms with Crippen LogP contribution in [0.25, 0.3) is 0 Å². The van der Waals surface area contributed by atoms with Gasteiger partial charge in [0.2, 0.25) is 0 Å². The Morgan fingerprint density at radius 3 is 2.40 bits per heavy atom. The van der Waals surface area contributed by atoms with Crippen molar-refractivity contribution < 1.29 is 5.11 Å². The largest absolute Gasteiger partial charge is 0.384 e. The summed E-state index contributed by atoms with van der Waals surface area (Å²) in [5.41, 5.74) is 5.28. The molecule has 1 aliphatic carbocycles. The molecule has 1 saturated carbocycles. The Balaban J connectivity index is 2.16. The molecule has 0 spiro atoms. The van der Waals surface area contributed by atoms with Crippen LogP contribution in [0.5, 0.6) is 0 Å². The van der Waals surface area contributed by atoms with Gasteiger partial charge in [-0.05, 0) is 31.1 Å². The Morgan fingerprint density at radius 1 is 1.33 bits per heavy atom. The van der Waals surface area contributed by atoms with E-state index in [1.165, 1.54) is 11.3 Å². The maximum absolute atomic E-state index is 10.5. The molecule has 1 aliphatic rings. The highest BCUT2D eigenvalue weighted by atomic mass is 32.1. The Morgan fingerprint density at radius 2 is 1.93 bits per heavy atom. The van der Waals surface area contributed by atoms with E-state index < -0.39 is 5.60 Å². The Kier molecular flexibility index (Phi) is 2.51. The summed E-state index contributed by atoms with van der Waals surface area (Å²) >= 11 is 1.41. The van der Waals surface area contributed by atoms with Gasteiger partial charge in [-0.1, -0.05) is 25.2 Å². The lowest BCUT2D eigenvalue weighted by Gasteiger charge is -2.39. The Labute approximate surface area is 94.3 Å². The van der Waals surface area contributed by atoms with Gasteiger partial charge in [-0.15, -0.1) is 0 Å². The van der Waals surface area contributed by atoms with Crippen LogP contribution in [0.3, 0.4) is 0 Å². The van der Waals surface area contributed by atoms with Crippen LogP contribution in [0.4, 0.5) is 5.13 Å². The number of thiazole rings is 1. The molecule has 4 heteroatoms. The van der Waals surface area contributed by atoms with Crippen LogP contribution in [0.1, 0.15) is 44.4 Å². The average molecular weight is 226 g/mol. The number of nitrogens with zero attached hydrogens (tertiary/aromatic N) is 1. The minimum Gasteiger partial charge on any atom is -0.384 e. The summed E-state index contributed by atoms with van der Waals surface area (Å²) in [5.74, 6) is 0. The van der Waals surface area contributed by atoms with Crippen LogP contribution < -0.4 is 5.73 Å². The van der Waals surface area contributed by atoms with Gasteiger partial charge in [0.25, 0.3) is 0 Å². The third-order valence-corrected chi connectivity index (χ3v) is 4.43. The summed E-state index contributed by atoms with van der Waals surface area (Å²) in [6, 6.07) is 0. The van der Waals surface area contributed by atoms with Gasteiger partial charge in [0, 0.05) is 6.20 Å². The van der Waals surface area contributed by atoms with E-state index in [4.69, 9.17) is 5.73 Å². The van der Waals surface area contributed by atoms with Gasteiger partial charge in [0.05, 0.1) is 4.88 Å². The number of aromatic nitrogens is 1. The first-order valence-electron chi connectivity index (χ1n) is 5.36. The van der Waals surface area contributed by atoms with Gasteiger partial charge in [-0.25, -0.2) is 4.98 Å². The molecule has 0 radical (unpaired) electrons. The van der Waals surface area contributed by atoms with E-state index in [-0.39, 0.29) is 0 Å². The summed E-state index contributed by atoms with van der Waals surface area (Å²) in [6.45, 7) is 4.52. The highest BCUT2D eigenvalue weighted by Gasteiger charge is 2.39. The van der Waals surface area contributed by atoms with Gasteiger partial charge in [-0.2, -0.15) is 0 Å². The van der Waals surface area contributed by atoms with Gasteiger partial charge in [0.1, 0.15) is 5.60 Å². The Bertz CT molecular complexity index is 349. The lowest BCUT2D eigenvalue weighted by molar-refractivity contribution is -0.0277. The summed E-state index contributed by atoms with van der Waals surface area (Å²) in [7, 11) is 0. The van der Waals surface area contributed by atoms with Crippen molar-refractivity contribution in [1.82, 2.24) is 4.98 Å². The fraction of sp³-hybridized carbons (Fsp3) is 0.727. The summed E-state index contributed by atoms with van der Waals surface area (Å²) in [5, 5.41) is 11.0. The number of nitrogens with two attached hydrogens (primary N) is 1. The second-order valence-corrected chi connectivity index (χ2v) is 6.32. The molecule has 0 aliphatic heterocycles. The van der Waals surface area contributed by atoms with E-state index in [1.807, 2.05) is 0 Å². The average Bonchev–Trinajstić information content (AvgIpc) is 2.59. The van der Waals surface area contributed by atoms with E-state index in [0.717, 1.165) is 30.6 Å².